The highest BCUT2D eigenvalue weighted by Gasteiger charge is 2.40. The number of nitrogens with zero attached hydrogens (tertiary/aromatic N) is 4. The lowest BCUT2D eigenvalue weighted by atomic mass is 10.0. The highest BCUT2D eigenvalue weighted by atomic mass is 16.6. The van der Waals surface area contributed by atoms with Gasteiger partial charge in [-0.3, -0.25) is 24.4 Å². The average molecular weight is 310 g/mol. The van der Waals surface area contributed by atoms with Gasteiger partial charge in [0.1, 0.15) is 17.9 Å². The Labute approximate surface area is 126 Å². The van der Waals surface area contributed by atoms with Gasteiger partial charge >= 0.3 is 11.7 Å². The van der Waals surface area contributed by atoms with Gasteiger partial charge in [0.25, 0.3) is 0 Å². The summed E-state index contributed by atoms with van der Waals surface area (Å²) in [5.74, 6) is -1.23. The van der Waals surface area contributed by atoms with Gasteiger partial charge in [0.05, 0.1) is 11.3 Å². The van der Waals surface area contributed by atoms with Crippen LogP contribution in [0.1, 0.15) is 33.1 Å². The normalized spacial score (nSPS) is 18.5. The van der Waals surface area contributed by atoms with Crippen LogP contribution in [0.25, 0.3) is 0 Å². The minimum absolute atomic E-state index is 0.0962. The molecule has 0 aromatic carbocycles. The van der Waals surface area contributed by atoms with Crippen molar-refractivity contribution in [2.24, 2.45) is 0 Å². The number of carbonyl (C=O) groups is 2. The number of rotatable bonds is 5. The number of carbonyl (C=O) groups excluding carboxylic acids is 1. The molecule has 1 saturated heterocycles. The van der Waals surface area contributed by atoms with Crippen LogP contribution in [-0.4, -0.2) is 49.2 Å². The van der Waals surface area contributed by atoms with Gasteiger partial charge in [0.15, 0.2) is 0 Å². The van der Waals surface area contributed by atoms with Crippen LogP contribution in [-0.2, 0) is 15.1 Å². The number of carboxylic acid groups (broad SMARTS) is 1. The molecule has 9 nitrogen and oxygen atoms in total. The lowest BCUT2D eigenvalue weighted by molar-refractivity contribution is -0.385. The van der Waals surface area contributed by atoms with Crippen LogP contribution >= 0.6 is 0 Å². The van der Waals surface area contributed by atoms with Crippen molar-refractivity contribution in [3.05, 3.63) is 22.5 Å². The summed E-state index contributed by atoms with van der Waals surface area (Å²) >= 11 is 0. The molecule has 2 heterocycles. The maximum atomic E-state index is 12.7. The molecule has 1 aliphatic heterocycles. The van der Waals surface area contributed by atoms with Crippen molar-refractivity contribution >= 4 is 17.6 Å². The van der Waals surface area contributed by atoms with Crippen molar-refractivity contribution in [1.82, 2.24) is 14.7 Å². The van der Waals surface area contributed by atoms with E-state index < -0.39 is 16.4 Å². The molecule has 1 aliphatic rings. The van der Waals surface area contributed by atoms with E-state index >= 15 is 0 Å². The molecule has 0 spiro atoms. The topological polar surface area (TPSA) is 119 Å². The van der Waals surface area contributed by atoms with E-state index in [4.69, 9.17) is 5.11 Å². The van der Waals surface area contributed by atoms with E-state index in [1.54, 1.807) is 18.7 Å². The Morgan fingerprint density at radius 2 is 2.23 bits per heavy atom. The number of aromatic nitrogens is 2. The second-order valence-corrected chi connectivity index (χ2v) is 5.85. The predicted octanol–water partition coefficient (Wildman–Crippen LogP) is 0.992. The summed E-state index contributed by atoms with van der Waals surface area (Å²) in [6.45, 7) is 3.72. The average Bonchev–Trinajstić information content (AvgIpc) is 3.05. The van der Waals surface area contributed by atoms with E-state index in [0.717, 1.165) is 12.6 Å². The molecule has 120 valence electrons. The van der Waals surface area contributed by atoms with Gasteiger partial charge < -0.3 is 10.0 Å². The zero-order valence-electron chi connectivity index (χ0n) is 12.4. The molecular weight excluding hydrogens is 292 g/mol. The van der Waals surface area contributed by atoms with Crippen molar-refractivity contribution < 1.29 is 19.6 Å². The minimum atomic E-state index is -1.12. The predicted molar refractivity (Wildman–Crippen MR) is 75.2 cm³/mol. The van der Waals surface area contributed by atoms with Gasteiger partial charge in [-0.05, 0) is 26.7 Å². The highest BCUT2D eigenvalue weighted by molar-refractivity contribution is 5.84. The second-order valence-electron chi connectivity index (χ2n) is 5.85. The molecule has 2 rings (SSSR count). The maximum Gasteiger partial charge on any atom is 0.307 e. The van der Waals surface area contributed by atoms with E-state index in [9.17, 15) is 19.7 Å². The third-order valence-corrected chi connectivity index (χ3v) is 3.92. The molecule has 22 heavy (non-hydrogen) atoms. The maximum absolute atomic E-state index is 12.7. The van der Waals surface area contributed by atoms with Crippen LogP contribution in [0.5, 0.6) is 0 Å². The first-order valence-electron chi connectivity index (χ1n) is 6.96. The first kappa shape index (κ1) is 15.9. The van der Waals surface area contributed by atoms with Gasteiger partial charge in [-0.1, -0.05) is 0 Å². The third kappa shape index (κ3) is 2.92. The molecule has 1 atom stereocenters. The Morgan fingerprint density at radius 1 is 1.55 bits per heavy atom. The van der Waals surface area contributed by atoms with Gasteiger partial charge in [-0.15, -0.1) is 0 Å². The SMILES string of the molecule is CC(C)(C(=O)N1CCCC1CC(=O)O)n1cc([N+](=O)[O-])cn1. The second kappa shape index (κ2) is 5.74. The summed E-state index contributed by atoms with van der Waals surface area (Å²) in [6, 6.07) is -0.338. The van der Waals surface area contributed by atoms with Crippen molar-refractivity contribution in [3.8, 4) is 0 Å². The number of amides is 1. The molecule has 1 aromatic rings. The first-order valence-corrected chi connectivity index (χ1v) is 6.96. The summed E-state index contributed by atoms with van der Waals surface area (Å²) in [4.78, 5) is 35.3. The van der Waals surface area contributed by atoms with Crippen LogP contribution in [0.2, 0.25) is 0 Å². The molecule has 0 aliphatic carbocycles. The van der Waals surface area contributed by atoms with Gasteiger partial charge in [0.2, 0.25) is 5.91 Å². The fraction of sp³-hybridized carbons (Fsp3) is 0.615. The Hall–Kier alpha value is -2.45. The number of hydrogen-bond donors (Lipinski definition) is 1. The molecular formula is C13H18N4O5. The smallest absolute Gasteiger partial charge is 0.307 e. The van der Waals surface area contributed by atoms with Crippen molar-refractivity contribution in [2.75, 3.05) is 6.54 Å². The van der Waals surface area contributed by atoms with E-state index in [-0.39, 0.29) is 24.1 Å². The summed E-state index contributed by atoms with van der Waals surface area (Å²) < 4.78 is 1.25. The third-order valence-electron chi connectivity index (χ3n) is 3.92. The summed E-state index contributed by atoms with van der Waals surface area (Å²) in [5, 5.41) is 23.6. The molecule has 0 bridgehead atoms. The van der Waals surface area contributed by atoms with Gasteiger partial charge in [0, 0.05) is 12.6 Å². The number of carboxylic acids is 1. The first-order chi connectivity index (χ1) is 10.2. The molecule has 1 fully saturated rings. The van der Waals surface area contributed by atoms with E-state index in [0.29, 0.717) is 13.0 Å². The lowest BCUT2D eigenvalue weighted by Crippen LogP contribution is -2.49. The Balaban J connectivity index is 2.21. The summed E-state index contributed by atoms with van der Waals surface area (Å²) in [6.07, 6.45) is 3.60. The Bertz CT molecular complexity index is 609. The molecule has 9 heteroatoms. The number of likely N-dealkylation sites (tertiary alicyclic amines) is 1. The Morgan fingerprint density at radius 3 is 2.77 bits per heavy atom. The van der Waals surface area contributed by atoms with Crippen LogP contribution in [0.3, 0.4) is 0 Å². The fourth-order valence-corrected chi connectivity index (χ4v) is 2.68. The summed E-state index contributed by atoms with van der Waals surface area (Å²) in [5.41, 5.74) is -1.31. The number of aliphatic carboxylic acids is 1. The summed E-state index contributed by atoms with van der Waals surface area (Å²) in [7, 11) is 0. The molecule has 1 unspecified atom stereocenters. The van der Waals surface area contributed by atoms with E-state index in [1.807, 2.05) is 0 Å². The molecule has 1 aromatic heterocycles. The largest absolute Gasteiger partial charge is 0.481 e. The van der Waals surface area contributed by atoms with Crippen LogP contribution in [0.15, 0.2) is 12.4 Å². The zero-order chi connectivity index (χ0) is 16.5. The monoisotopic (exact) mass is 310 g/mol. The molecule has 0 saturated carbocycles. The highest BCUT2D eigenvalue weighted by Crippen LogP contribution is 2.27. The molecule has 1 N–H and O–H groups in total. The van der Waals surface area contributed by atoms with Crippen LogP contribution < -0.4 is 0 Å². The standard InChI is InChI=1S/C13H18N4O5/c1-13(2,16-8-10(7-14-16)17(21)22)12(20)15-5-3-4-9(15)6-11(18)19/h7-9H,3-6H2,1-2H3,(H,18,19). The van der Waals surface area contributed by atoms with Gasteiger partial charge in [-0.2, -0.15) is 5.10 Å². The fourth-order valence-electron chi connectivity index (χ4n) is 2.68. The zero-order valence-corrected chi connectivity index (χ0v) is 12.4. The Kier molecular flexibility index (Phi) is 4.16. The van der Waals surface area contributed by atoms with Crippen molar-refractivity contribution in [2.45, 2.75) is 44.7 Å². The van der Waals surface area contributed by atoms with E-state index in [1.165, 1.54) is 10.9 Å². The van der Waals surface area contributed by atoms with Crippen LogP contribution in [0.4, 0.5) is 5.69 Å². The van der Waals surface area contributed by atoms with E-state index in [2.05, 4.69) is 5.10 Å². The number of hydrogen-bond acceptors (Lipinski definition) is 5. The van der Waals surface area contributed by atoms with Crippen molar-refractivity contribution in [3.63, 3.8) is 0 Å². The lowest BCUT2D eigenvalue weighted by Gasteiger charge is -2.32. The molecule has 0 radical (unpaired) electrons. The van der Waals surface area contributed by atoms with Crippen LogP contribution in [0, 0.1) is 10.1 Å². The van der Waals surface area contributed by atoms with Crippen molar-refractivity contribution in [1.29, 1.82) is 0 Å². The quantitative estimate of drug-likeness (QED) is 0.640. The van der Waals surface area contributed by atoms with Gasteiger partial charge in [-0.25, -0.2) is 0 Å². The minimum Gasteiger partial charge on any atom is -0.481 e. The molecule has 1 amide bonds. The number of nitro groups is 1.